The highest BCUT2D eigenvalue weighted by molar-refractivity contribution is 5.32. The zero-order valence-electron chi connectivity index (χ0n) is 7.94. The van der Waals surface area contributed by atoms with Crippen molar-refractivity contribution in [1.29, 1.82) is 0 Å². The van der Waals surface area contributed by atoms with Crippen LogP contribution < -0.4 is 0 Å². The summed E-state index contributed by atoms with van der Waals surface area (Å²) in [5.74, 6) is -2.41. The van der Waals surface area contributed by atoms with Crippen molar-refractivity contribution in [3.8, 4) is 0 Å². The van der Waals surface area contributed by atoms with Crippen molar-refractivity contribution in [1.82, 2.24) is 4.98 Å². The third-order valence-electron chi connectivity index (χ3n) is 2.25. The van der Waals surface area contributed by atoms with Gasteiger partial charge >= 0.3 is 0 Å². The predicted molar refractivity (Wildman–Crippen MR) is 49.9 cm³/mol. The van der Waals surface area contributed by atoms with E-state index in [0.717, 1.165) is 5.56 Å². The summed E-state index contributed by atoms with van der Waals surface area (Å²) in [7, 11) is 0. The fourth-order valence-electron chi connectivity index (χ4n) is 1.51. The van der Waals surface area contributed by atoms with Crippen molar-refractivity contribution < 1.29 is 18.7 Å². The highest BCUT2D eigenvalue weighted by atomic mass is 19.3. The molecular weight excluding hydrogens is 204 g/mol. The van der Waals surface area contributed by atoms with E-state index in [0.29, 0.717) is 0 Å². The monoisotopic (exact) mass is 215 g/mol. The molecule has 2 rings (SSSR count). The number of hydrogen-bond donors (Lipinski definition) is 1. The van der Waals surface area contributed by atoms with E-state index in [1.54, 1.807) is 18.5 Å². The van der Waals surface area contributed by atoms with Gasteiger partial charge in [0.2, 0.25) is 5.92 Å². The quantitative estimate of drug-likeness (QED) is 0.731. The van der Waals surface area contributed by atoms with Gasteiger partial charge in [0.25, 0.3) is 6.47 Å². The molecule has 0 spiro atoms. The van der Waals surface area contributed by atoms with E-state index in [1.165, 1.54) is 0 Å². The molecule has 1 fully saturated rings. The van der Waals surface area contributed by atoms with Gasteiger partial charge in [-0.1, -0.05) is 6.07 Å². The molecular formula is C10H11F2NO2. The van der Waals surface area contributed by atoms with Crippen LogP contribution in [0.3, 0.4) is 0 Å². The molecule has 0 amide bonds. The van der Waals surface area contributed by atoms with Crippen molar-refractivity contribution >= 4 is 6.47 Å². The molecule has 15 heavy (non-hydrogen) atoms. The molecule has 1 aliphatic carbocycles. The number of hydrogen-bond acceptors (Lipinski definition) is 2. The Morgan fingerprint density at radius 3 is 2.53 bits per heavy atom. The number of carboxylic acid groups (broad SMARTS) is 1. The van der Waals surface area contributed by atoms with E-state index in [9.17, 15) is 8.78 Å². The maximum atomic E-state index is 12.5. The highest BCUT2D eigenvalue weighted by Crippen LogP contribution is 2.47. The van der Waals surface area contributed by atoms with E-state index in [1.807, 2.05) is 6.07 Å². The molecule has 1 aliphatic rings. The van der Waals surface area contributed by atoms with Crippen molar-refractivity contribution in [2.75, 3.05) is 0 Å². The second-order valence-corrected chi connectivity index (χ2v) is 3.35. The Kier molecular flexibility index (Phi) is 3.71. The second kappa shape index (κ2) is 4.82. The van der Waals surface area contributed by atoms with Gasteiger partial charge in [0.15, 0.2) is 0 Å². The average molecular weight is 215 g/mol. The van der Waals surface area contributed by atoms with Crippen LogP contribution in [0.2, 0.25) is 0 Å². The van der Waals surface area contributed by atoms with E-state index >= 15 is 0 Å². The minimum absolute atomic E-state index is 0.0152. The molecule has 1 aromatic rings. The topological polar surface area (TPSA) is 50.2 Å². The van der Waals surface area contributed by atoms with Crippen LogP contribution in [-0.4, -0.2) is 22.5 Å². The molecule has 82 valence electrons. The Labute approximate surface area is 85.8 Å². The minimum Gasteiger partial charge on any atom is -0.483 e. The van der Waals surface area contributed by atoms with E-state index < -0.39 is 5.92 Å². The molecule has 0 unspecified atom stereocenters. The summed E-state index contributed by atoms with van der Waals surface area (Å²) in [5, 5.41) is 6.89. The molecule has 1 saturated carbocycles. The number of carbonyl (C=O) groups is 1. The summed E-state index contributed by atoms with van der Waals surface area (Å²) in [6.45, 7) is -0.250. The van der Waals surface area contributed by atoms with Crippen LogP contribution in [0.15, 0.2) is 24.5 Å². The molecule has 0 aromatic carbocycles. The van der Waals surface area contributed by atoms with Crippen molar-refractivity contribution in [3.05, 3.63) is 30.1 Å². The largest absolute Gasteiger partial charge is 0.483 e. The van der Waals surface area contributed by atoms with E-state index in [2.05, 4.69) is 4.98 Å². The smallest absolute Gasteiger partial charge is 0.290 e. The first-order chi connectivity index (χ1) is 7.09. The third kappa shape index (κ3) is 3.27. The molecule has 3 nitrogen and oxygen atoms in total. The Balaban J connectivity index is 0.000000337. The van der Waals surface area contributed by atoms with Crippen LogP contribution in [0.25, 0.3) is 0 Å². The Morgan fingerprint density at radius 1 is 1.53 bits per heavy atom. The van der Waals surface area contributed by atoms with Gasteiger partial charge in [-0.15, -0.1) is 0 Å². The standard InChI is InChI=1S/C9H9F2N.CH2O2/c10-9(11)4-8(5-9)7-2-1-3-12-6-7;2-1-3/h1-3,6,8H,4-5H2;1H,(H,2,3). The summed E-state index contributed by atoms with van der Waals surface area (Å²) < 4.78 is 24.9. The Bertz CT molecular complexity index is 308. The summed E-state index contributed by atoms with van der Waals surface area (Å²) in [6.07, 6.45) is 3.29. The zero-order valence-corrected chi connectivity index (χ0v) is 7.94. The molecule has 1 N–H and O–H groups in total. The van der Waals surface area contributed by atoms with Gasteiger partial charge in [-0.05, 0) is 17.5 Å². The fraction of sp³-hybridized carbons (Fsp3) is 0.400. The lowest BCUT2D eigenvalue weighted by molar-refractivity contribution is -0.122. The Morgan fingerprint density at radius 2 is 2.13 bits per heavy atom. The van der Waals surface area contributed by atoms with Gasteiger partial charge in [-0.2, -0.15) is 0 Å². The van der Waals surface area contributed by atoms with Gasteiger partial charge in [0.05, 0.1) is 0 Å². The van der Waals surface area contributed by atoms with Crippen LogP contribution in [0.4, 0.5) is 8.78 Å². The first-order valence-electron chi connectivity index (χ1n) is 4.44. The number of halogens is 2. The van der Waals surface area contributed by atoms with E-state index in [-0.39, 0.29) is 25.2 Å². The second-order valence-electron chi connectivity index (χ2n) is 3.35. The highest BCUT2D eigenvalue weighted by Gasteiger charge is 2.45. The van der Waals surface area contributed by atoms with Crippen LogP contribution >= 0.6 is 0 Å². The zero-order chi connectivity index (χ0) is 11.3. The molecule has 0 saturated heterocycles. The maximum absolute atomic E-state index is 12.5. The number of nitrogens with zero attached hydrogens (tertiary/aromatic N) is 1. The molecule has 5 heteroatoms. The molecule has 0 bridgehead atoms. The number of rotatable bonds is 1. The van der Waals surface area contributed by atoms with Gasteiger partial charge in [-0.3, -0.25) is 9.78 Å². The number of alkyl halides is 2. The Hall–Kier alpha value is -1.52. The fourth-order valence-corrected chi connectivity index (χ4v) is 1.51. The lowest BCUT2D eigenvalue weighted by Gasteiger charge is -2.34. The first kappa shape index (κ1) is 11.6. The van der Waals surface area contributed by atoms with Gasteiger partial charge in [0, 0.05) is 25.2 Å². The van der Waals surface area contributed by atoms with Crippen molar-refractivity contribution in [2.45, 2.75) is 24.7 Å². The third-order valence-corrected chi connectivity index (χ3v) is 2.25. The summed E-state index contributed by atoms with van der Waals surface area (Å²) in [4.78, 5) is 12.3. The van der Waals surface area contributed by atoms with Crippen LogP contribution in [-0.2, 0) is 4.79 Å². The lowest BCUT2D eigenvalue weighted by Crippen LogP contribution is -2.33. The molecule has 0 atom stereocenters. The van der Waals surface area contributed by atoms with Crippen molar-refractivity contribution in [3.63, 3.8) is 0 Å². The normalized spacial score (nSPS) is 18.3. The SMILES string of the molecule is FC1(F)CC(c2cccnc2)C1.O=CO. The maximum Gasteiger partial charge on any atom is 0.290 e. The minimum atomic E-state index is -2.43. The van der Waals surface area contributed by atoms with E-state index in [4.69, 9.17) is 9.90 Å². The summed E-state index contributed by atoms with van der Waals surface area (Å²) >= 11 is 0. The summed E-state index contributed by atoms with van der Waals surface area (Å²) in [6, 6.07) is 3.64. The molecule has 1 heterocycles. The number of pyridine rings is 1. The van der Waals surface area contributed by atoms with Gasteiger partial charge in [-0.25, -0.2) is 8.78 Å². The number of aromatic nitrogens is 1. The van der Waals surface area contributed by atoms with Crippen LogP contribution in [0.5, 0.6) is 0 Å². The first-order valence-corrected chi connectivity index (χ1v) is 4.44. The molecule has 0 aliphatic heterocycles. The molecule has 1 aromatic heterocycles. The van der Waals surface area contributed by atoms with Crippen molar-refractivity contribution in [2.24, 2.45) is 0 Å². The van der Waals surface area contributed by atoms with Crippen LogP contribution in [0, 0.1) is 0 Å². The summed E-state index contributed by atoms with van der Waals surface area (Å²) in [5.41, 5.74) is 0.934. The van der Waals surface area contributed by atoms with Crippen LogP contribution in [0.1, 0.15) is 24.3 Å². The average Bonchev–Trinajstić information content (AvgIpc) is 2.17. The van der Waals surface area contributed by atoms with Gasteiger partial charge < -0.3 is 5.11 Å². The predicted octanol–water partition coefficient (Wildman–Crippen LogP) is 2.30. The lowest BCUT2D eigenvalue weighted by atomic mass is 9.77. The molecule has 0 radical (unpaired) electrons. The van der Waals surface area contributed by atoms with Gasteiger partial charge in [0.1, 0.15) is 0 Å².